The summed E-state index contributed by atoms with van der Waals surface area (Å²) in [7, 11) is 0. The highest BCUT2D eigenvalue weighted by atomic mass is 16.2. The highest BCUT2D eigenvalue weighted by molar-refractivity contribution is 6.06. The van der Waals surface area contributed by atoms with Gasteiger partial charge in [0, 0.05) is 22.9 Å². The third-order valence-electron chi connectivity index (χ3n) is 4.79. The zero-order chi connectivity index (χ0) is 19.3. The van der Waals surface area contributed by atoms with Crippen molar-refractivity contribution in [1.29, 1.82) is 0 Å². The minimum absolute atomic E-state index is 0.0944. The van der Waals surface area contributed by atoms with Crippen molar-refractivity contribution in [3.05, 3.63) is 101 Å². The number of rotatable bonds is 6. The maximum Gasteiger partial charge on any atom is 0.255 e. The molecule has 140 valence electrons. The Hall–Kier alpha value is -3.40. The van der Waals surface area contributed by atoms with Crippen molar-refractivity contribution in [1.82, 2.24) is 5.32 Å². The third-order valence-corrected chi connectivity index (χ3v) is 4.79. The van der Waals surface area contributed by atoms with Crippen molar-refractivity contribution >= 4 is 17.5 Å². The fourth-order valence-corrected chi connectivity index (χ4v) is 3.14. The SMILES string of the molecule is O=C(NC1CC1)c1cccc(NC(=O)c2ccccc2Cc2ccccc2)c1. The molecule has 1 aliphatic rings. The van der Waals surface area contributed by atoms with Crippen molar-refractivity contribution < 1.29 is 9.59 Å². The molecule has 0 heterocycles. The smallest absolute Gasteiger partial charge is 0.255 e. The molecule has 4 nitrogen and oxygen atoms in total. The quantitative estimate of drug-likeness (QED) is 0.675. The molecule has 3 aromatic rings. The van der Waals surface area contributed by atoms with E-state index in [1.807, 2.05) is 42.5 Å². The van der Waals surface area contributed by atoms with E-state index in [1.54, 1.807) is 24.3 Å². The first-order valence-corrected chi connectivity index (χ1v) is 9.53. The Morgan fingerprint density at radius 2 is 1.57 bits per heavy atom. The van der Waals surface area contributed by atoms with Gasteiger partial charge >= 0.3 is 0 Å². The zero-order valence-corrected chi connectivity index (χ0v) is 15.5. The van der Waals surface area contributed by atoms with E-state index < -0.39 is 0 Å². The second-order valence-corrected chi connectivity index (χ2v) is 7.10. The average Bonchev–Trinajstić information content (AvgIpc) is 3.53. The summed E-state index contributed by atoms with van der Waals surface area (Å²) in [6.45, 7) is 0. The first kappa shape index (κ1) is 18.0. The molecule has 0 atom stereocenters. The third kappa shape index (κ3) is 4.46. The number of amides is 2. The summed E-state index contributed by atoms with van der Waals surface area (Å²) >= 11 is 0. The van der Waals surface area contributed by atoms with E-state index in [0.717, 1.165) is 24.0 Å². The highest BCUT2D eigenvalue weighted by Crippen LogP contribution is 2.21. The molecule has 2 N–H and O–H groups in total. The topological polar surface area (TPSA) is 58.2 Å². The van der Waals surface area contributed by atoms with Crippen LogP contribution in [0.3, 0.4) is 0 Å². The van der Waals surface area contributed by atoms with Gasteiger partial charge in [-0.25, -0.2) is 0 Å². The van der Waals surface area contributed by atoms with Gasteiger partial charge in [-0.3, -0.25) is 9.59 Å². The van der Waals surface area contributed by atoms with Crippen LogP contribution in [0.1, 0.15) is 44.7 Å². The number of carbonyl (C=O) groups excluding carboxylic acids is 2. The molecule has 4 heteroatoms. The van der Waals surface area contributed by atoms with E-state index in [-0.39, 0.29) is 11.8 Å². The van der Waals surface area contributed by atoms with E-state index in [2.05, 4.69) is 22.8 Å². The maximum absolute atomic E-state index is 12.9. The number of anilines is 1. The summed E-state index contributed by atoms with van der Waals surface area (Å²) in [6, 6.07) is 25.1. The highest BCUT2D eigenvalue weighted by Gasteiger charge is 2.23. The molecule has 1 aliphatic carbocycles. The van der Waals surface area contributed by atoms with Gasteiger partial charge in [0.05, 0.1) is 0 Å². The van der Waals surface area contributed by atoms with Crippen LogP contribution in [-0.4, -0.2) is 17.9 Å². The van der Waals surface area contributed by atoms with Crippen LogP contribution in [0.5, 0.6) is 0 Å². The molecule has 0 unspecified atom stereocenters. The number of carbonyl (C=O) groups is 2. The van der Waals surface area contributed by atoms with Crippen LogP contribution in [0.2, 0.25) is 0 Å². The van der Waals surface area contributed by atoms with Crippen LogP contribution >= 0.6 is 0 Å². The molecule has 0 spiro atoms. The van der Waals surface area contributed by atoms with Crippen molar-refractivity contribution in [3.8, 4) is 0 Å². The Balaban J connectivity index is 1.50. The molecule has 3 aromatic carbocycles. The van der Waals surface area contributed by atoms with Crippen molar-refractivity contribution in [2.75, 3.05) is 5.32 Å². The molecule has 1 saturated carbocycles. The van der Waals surface area contributed by atoms with Gasteiger partial charge in [0.15, 0.2) is 0 Å². The van der Waals surface area contributed by atoms with Crippen LogP contribution < -0.4 is 10.6 Å². The van der Waals surface area contributed by atoms with Crippen LogP contribution in [0.25, 0.3) is 0 Å². The van der Waals surface area contributed by atoms with Gasteiger partial charge in [0.25, 0.3) is 11.8 Å². The second kappa shape index (κ2) is 8.09. The van der Waals surface area contributed by atoms with E-state index >= 15 is 0 Å². The Morgan fingerprint density at radius 1 is 0.821 bits per heavy atom. The minimum Gasteiger partial charge on any atom is -0.349 e. The lowest BCUT2D eigenvalue weighted by Gasteiger charge is -2.11. The Labute approximate surface area is 164 Å². The molecule has 4 rings (SSSR count). The fraction of sp³-hybridized carbons (Fsp3) is 0.167. The summed E-state index contributed by atoms with van der Waals surface area (Å²) in [5.41, 5.74) is 3.93. The van der Waals surface area contributed by atoms with E-state index in [4.69, 9.17) is 0 Å². The normalized spacial score (nSPS) is 13.0. The largest absolute Gasteiger partial charge is 0.349 e. The molecule has 0 radical (unpaired) electrons. The number of benzene rings is 3. The molecule has 1 fully saturated rings. The Kier molecular flexibility index (Phi) is 5.20. The zero-order valence-electron chi connectivity index (χ0n) is 15.5. The molecular weight excluding hydrogens is 348 g/mol. The number of hydrogen-bond donors (Lipinski definition) is 2. The Bertz CT molecular complexity index is 994. The lowest BCUT2D eigenvalue weighted by atomic mass is 9.99. The predicted octanol–water partition coefficient (Wildman–Crippen LogP) is 4.42. The van der Waals surface area contributed by atoms with E-state index in [1.165, 1.54) is 0 Å². The second-order valence-electron chi connectivity index (χ2n) is 7.10. The first-order valence-electron chi connectivity index (χ1n) is 9.53. The minimum atomic E-state index is -0.175. The van der Waals surface area contributed by atoms with Crippen LogP contribution in [0, 0.1) is 0 Å². The number of nitrogens with one attached hydrogen (secondary N) is 2. The molecule has 0 aromatic heterocycles. The van der Waals surface area contributed by atoms with Crippen molar-refractivity contribution in [3.63, 3.8) is 0 Å². The lowest BCUT2D eigenvalue weighted by molar-refractivity contribution is 0.0949. The van der Waals surface area contributed by atoms with Gasteiger partial charge in [-0.2, -0.15) is 0 Å². The van der Waals surface area contributed by atoms with Crippen LogP contribution in [0.15, 0.2) is 78.9 Å². The van der Waals surface area contributed by atoms with Crippen molar-refractivity contribution in [2.24, 2.45) is 0 Å². The summed E-state index contributed by atoms with van der Waals surface area (Å²) < 4.78 is 0. The van der Waals surface area contributed by atoms with Gasteiger partial charge in [0.1, 0.15) is 0 Å². The Morgan fingerprint density at radius 3 is 2.36 bits per heavy atom. The maximum atomic E-state index is 12.9. The molecule has 28 heavy (non-hydrogen) atoms. The first-order chi connectivity index (χ1) is 13.7. The lowest BCUT2D eigenvalue weighted by Crippen LogP contribution is -2.25. The summed E-state index contributed by atoms with van der Waals surface area (Å²) in [4.78, 5) is 25.1. The number of hydrogen-bond acceptors (Lipinski definition) is 2. The summed E-state index contributed by atoms with van der Waals surface area (Å²) in [5.74, 6) is -0.269. The van der Waals surface area contributed by atoms with E-state index in [0.29, 0.717) is 29.3 Å². The monoisotopic (exact) mass is 370 g/mol. The summed E-state index contributed by atoms with van der Waals surface area (Å²) in [6.07, 6.45) is 2.77. The molecule has 0 aliphatic heterocycles. The predicted molar refractivity (Wildman–Crippen MR) is 111 cm³/mol. The summed E-state index contributed by atoms with van der Waals surface area (Å²) in [5, 5.41) is 5.90. The van der Waals surface area contributed by atoms with Gasteiger partial charge in [0.2, 0.25) is 0 Å². The fourth-order valence-electron chi connectivity index (χ4n) is 3.14. The molecular formula is C24H22N2O2. The van der Waals surface area contributed by atoms with E-state index in [9.17, 15) is 9.59 Å². The van der Waals surface area contributed by atoms with Gasteiger partial charge in [-0.15, -0.1) is 0 Å². The standard InChI is InChI=1S/C24H22N2O2/c27-23(25-20-13-14-20)19-10-6-11-21(16-19)26-24(28)22-12-5-4-9-18(22)15-17-7-2-1-3-8-17/h1-12,16,20H,13-15H2,(H,25,27)(H,26,28). The van der Waals surface area contributed by atoms with Crippen LogP contribution in [-0.2, 0) is 6.42 Å². The van der Waals surface area contributed by atoms with Crippen molar-refractivity contribution in [2.45, 2.75) is 25.3 Å². The average molecular weight is 370 g/mol. The molecule has 2 amide bonds. The molecule has 0 saturated heterocycles. The van der Waals surface area contributed by atoms with Gasteiger partial charge < -0.3 is 10.6 Å². The van der Waals surface area contributed by atoms with Gasteiger partial charge in [-0.05, 0) is 54.7 Å². The molecule has 0 bridgehead atoms. The van der Waals surface area contributed by atoms with Crippen LogP contribution in [0.4, 0.5) is 5.69 Å². The van der Waals surface area contributed by atoms with Gasteiger partial charge in [-0.1, -0.05) is 54.6 Å².